The quantitative estimate of drug-likeness (QED) is 0.847. The molecule has 0 spiro atoms. The number of carbonyl (C=O) groups excluding carboxylic acids is 1. The zero-order chi connectivity index (χ0) is 13.3. The molecule has 1 amide bonds. The molecule has 0 aromatic carbocycles. The first-order valence-corrected chi connectivity index (χ1v) is 7.41. The number of aryl methyl sites for hydroxylation is 2. The minimum absolute atomic E-state index is 0.115. The molecule has 0 atom stereocenters. The van der Waals surface area contributed by atoms with Gasteiger partial charge in [-0.25, -0.2) is 0 Å². The van der Waals surface area contributed by atoms with Crippen molar-refractivity contribution in [1.29, 1.82) is 0 Å². The van der Waals surface area contributed by atoms with Crippen molar-refractivity contribution >= 4 is 23.4 Å². The lowest BCUT2D eigenvalue weighted by Crippen LogP contribution is -2.33. The van der Waals surface area contributed by atoms with Crippen molar-refractivity contribution in [2.24, 2.45) is 0 Å². The minimum atomic E-state index is -0.115. The molecule has 0 aliphatic heterocycles. The van der Waals surface area contributed by atoms with Gasteiger partial charge >= 0.3 is 0 Å². The molecule has 1 aliphatic rings. The summed E-state index contributed by atoms with van der Waals surface area (Å²) in [5.41, 5.74) is 7.62. The van der Waals surface area contributed by atoms with E-state index in [-0.39, 0.29) is 10.7 Å². The average molecular weight is 268 g/mol. The van der Waals surface area contributed by atoms with E-state index in [1.54, 1.807) is 4.68 Å². The maximum atomic E-state index is 12.2. The van der Waals surface area contributed by atoms with E-state index in [1.165, 1.54) is 12.8 Å². The highest BCUT2D eigenvalue weighted by Gasteiger charge is 2.42. The second kappa shape index (κ2) is 4.84. The van der Waals surface area contributed by atoms with Crippen LogP contribution in [-0.4, -0.2) is 33.2 Å². The van der Waals surface area contributed by atoms with Crippen LogP contribution in [0.5, 0.6) is 0 Å². The average Bonchev–Trinajstić information content (AvgIpc) is 3.09. The van der Waals surface area contributed by atoms with Crippen molar-refractivity contribution in [3.05, 3.63) is 11.4 Å². The van der Waals surface area contributed by atoms with Crippen LogP contribution >= 0.6 is 11.8 Å². The Balaban J connectivity index is 2.09. The molecule has 1 saturated carbocycles. The first-order chi connectivity index (χ1) is 8.53. The number of nitrogens with zero attached hydrogens (tertiary/aromatic N) is 2. The molecule has 2 rings (SSSR count). The van der Waals surface area contributed by atoms with E-state index >= 15 is 0 Å². The van der Waals surface area contributed by atoms with E-state index < -0.39 is 0 Å². The lowest BCUT2D eigenvalue weighted by molar-refractivity contribution is 0.0943. The third-order valence-electron chi connectivity index (χ3n) is 3.50. The lowest BCUT2D eigenvalue weighted by Gasteiger charge is -2.13. The van der Waals surface area contributed by atoms with Crippen LogP contribution in [0.1, 0.15) is 35.9 Å². The summed E-state index contributed by atoms with van der Waals surface area (Å²) in [6, 6.07) is 0. The summed E-state index contributed by atoms with van der Waals surface area (Å²) in [4.78, 5) is 12.2. The van der Waals surface area contributed by atoms with Crippen molar-refractivity contribution in [3.63, 3.8) is 0 Å². The summed E-state index contributed by atoms with van der Waals surface area (Å²) in [5.74, 6) is -0.115. The van der Waals surface area contributed by atoms with Crippen molar-refractivity contribution in [2.75, 3.05) is 18.5 Å². The van der Waals surface area contributed by atoms with Crippen LogP contribution < -0.4 is 11.1 Å². The molecule has 0 bridgehead atoms. The molecule has 1 aliphatic carbocycles. The molecule has 3 N–H and O–H groups in total. The predicted molar refractivity (Wildman–Crippen MR) is 74.9 cm³/mol. The third-order valence-corrected chi connectivity index (χ3v) is 4.92. The second-order valence-corrected chi connectivity index (χ2v) is 6.01. The topological polar surface area (TPSA) is 72.9 Å². The standard InChI is InChI=1S/C12H20N4OS/c1-4-16-10(9(13)8(2)15-16)11(17)14-7-12(18-3)5-6-12/h4-7,13H2,1-3H3,(H,14,17). The number of nitrogens with one attached hydrogen (secondary N) is 1. The number of nitrogen functional groups attached to an aromatic ring is 1. The highest BCUT2D eigenvalue weighted by atomic mass is 32.2. The molecular weight excluding hydrogens is 248 g/mol. The van der Waals surface area contributed by atoms with Gasteiger partial charge in [0, 0.05) is 17.8 Å². The Morgan fingerprint density at radius 1 is 1.61 bits per heavy atom. The zero-order valence-corrected chi connectivity index (χ0v) is 11.9. The maximum absolute atomic E-state index is 12.2. The summed E-state index contributed by atoms with van der Waals surface area (Å²) in [6.07, 6.45) is 4.44. The molecule has 0 unspecified atom stereocenters. The third kappa shape index (κ3) is 2.34. The number of aromatic nitrogens is 2. The number of anilines is 1. The summed E-state index contributed by atoms with van der Waals surface area (Å²) in [5, 5.41) is 7.24. The van der Waals surface area contributed by atoms with Gasteiger partial charge in [0.2, 0.25) is 0 Å². The van der Waals surface area contributed by atoms with Gasteiger partial charge in [0.05, 0.1) is 11.4 Å². The van der Waals surface area contributed by atoms with Crippen LogP contribution in [0.4, 0.5) is 5.69 Å². The Morgan fingerprint density at radius 3 is 2.78 bits per heavy atom. The summed E-state index contributed by atoms with van der Waals surface area (Å²) in [7, 11) is 0. The first kappa shape index (κ1) is 13.3. The summed E-state index contributed by atoms with van der Waals surface area (Å²) >= 11 is 1.83. The SMILES string of the molecule is CCn1nc(C)c(N)c1C(=O)NCC1(SC)CC1. The van der Waals surface area contributed by atoms with Gasteiger partial charge in [-0.05, 0) is 32.9 Å². The lowest BCUT2D eigenvalue weighted by atomic mass is 10.3. The number of rotatable bonds is 5. The molecule has 6 heteroatoms. The Hall–Kier alpha value is -1.17. The first-order valence-electron chi connectivity index (χ1n) is 6.19. The van der Waals surface area contributed by atoms with Crippen molar-refractivity contribution in [2.45, 2.75) is 38.0 Å². The van der Waals surface area contributed by atoms with Crippen LogP contribution in [0.15, 0.2) is 0 Å². The van der Waals surface area contributed by atoms with Gasteiger partial charge in [-0.15, -0.1) is 0 Å². The van der Waals surface area contributed by atoms with Crippen LogP contribution in [0, 0.1) is 6.92 Å². The number of amides is 1. The van der Waals surface area contributed by atoms with Crippen molar-refractivity contribution in [1.82, 2.24) is 15.1 Å². The summed E-state index contributed by atoms with van der Waals surface area (Å²) in [6.45, 7) is 5.13. The molecule has 0 radical (unpaired) electrons. The molecule has 1 fully saturated rings. The van der Waals surface area contributed by atoms with E-state index in [9.17, 15) is 4.79 Å². The van der Waals surface area contributed by atoms with E-state index in [0.717, 1.165) is 0 Å². The highest BCUT2D eigenvalue weighted by Crippen LogP contribution is 2.46. The fourth-order valence-electron chi connectivity index (χ4n) is 1.98. The normalized spacial score (nSPS) is 16.6. The largest absolute Gasteiger partial charge is 0.395 e. The molecule has 1 heterocycles. The Kier molecular flexibility index (Phi) is 3.56. The van der Waals surface area contributed by atoms with Gasteiger partial charge in [0.25, 0.3) is 5.91 Å². The van der Waals surface area contributed by atoms with Crippen LogP contribution in [0.25, 0.3) is 0 Å². The monoisotopic (exact) mass is 268 g/mol. The van der Waals surface area contributed by atoms with Gasteiger partial charge in [-0.3, -0.25) is 9.48 Å². The van der Waals surface area contributed by atoms with Gasteiger partial charge < -0.3 is 11.1 Å². The Morgan fingerprint density at radius 2 is 2.28 bits per heavy atom. The van der Waals surface area contributed by atoms with Crippen molar-refractivity contribution in [3.8, 4) is 0 Å². The molecule has 5 nitrogen and oxygen atoms in total. The number of hydrogen-bond donors (Lipinski definition) is 2. The van der Waals surface area contributed by atoms with E-state index in [1.807, 2.05) is 25.6 Å². The molecule has 1 aromatic rings. The van der Waals surface area contributed by atoms with Gasteiger partial charge in [-0.2, -0.15) is 16.9 Å². The predicted octanol–water partition coefficient (Wildman–Crippen LogP) is 1.42. The molecule has 18 heavy (non-hydrogen) atoms. The minimum Gasteiger partial charge on any atom is -0.395 e. The Bertz CT molecular complexity index is 465. The van der Waals surface area contributed by atoms with Gasteiger partial charge in [-0.1, -0.05) is 0 Å². The van der Waals surface area contributed by atoms with Gasteiger partial charge in [0.1, 0.15) is 5.69 Å². The fourth-order valence-corrected chi connectivity index (χ4v) is 2.71. The second-order valence-electron chi connectivity index (χ2n) is 4.73. The zero-order valence-electron chi connectivity index (χ0n) is 11.1. The number of thioether (sulfide) groups is 1. The van der Waals surface area contributed by atoms with Crippen LogP contribution in [-0.2, 0) is 6.54 Å². The molecular formula is C12H20N4OS. The maximum Gasteiger partial charge on any atom is 0.271 e. The van der Waals surface area contributed by atoms with Crippen LogP contribution in [0.3, 0.4) is 0 Å². The smallest absolute Gasteiger partial charge is 0.271 e. The van der Waals surface area contributed by atoms with E-state index in [2.05, 4.69) is 16.7 Å². The van der Waals surface area contributed by atoms with Gasteiger partial charge in [0.15, 0.2) is 0 Å². The van der Waals surface area contributed by atoms with Crippen LogP contribution in [0.2, 0.25) is 0 Å². The number of hydrogen-bond acceptors (Lipinski definition) is 4. The summed E-state index contributed by atoms with van der Waals surface area (Å²) < 4.78 is 1.93. The van der Waals surface area contributed by atoms with Crippen molar-refractivity contribution < 1.29 is 4.79 Å². The van der Waals surface area contributed by atoms with E-state index in [4.69, 9.17) is 5.73 Å². The molecule has 1 aromatic heterocycles. The number of nitrogens with two attached hydrogens (primary N) is 1. The number of carbonyl (C=O) groups is 1. The highest BCUT2D eigenvalue weighted by molar-refractivity contribution is 8.00. The molecule has 0 saturated heterocycles. The fraction of sp³-hybridized carbons (Fsp3) is 0.667. The van der Waals surface area contributed by atoms with E-state index in [0.29, 0.717) is 30.2 Å². The molecule has 100 valence electrons. The Labute approximate surface area is 111 Å².